The second-order valence-corrected chi connectivity index (χ2v) is 8.36. The van der Waals surface area contributed by atoms with E-state index in [1.165, 1.54) is 11.9 Å². The monoisotopic (exact) mass is 365 g/mol. The largest absolute Gasteiger partial charge is 0.488 e. The molecule has 0 bridgehead atoms. The van der Waals surface area contributed by atoms with Crippen LogP contribution in [-0.2, 0) is 24.2 Å². The molecule has 25 heavy (non-hydrogen) atoms. The molecule has 7 nitrogen and oxygen atoms in total. The van der Waals surface area contributed by atoms with Gasteiger partial charge < -0.3 is 14.4 Å². The van der Waals surface area contributed by atoms with Crippen LogP contribution < -0.4 is 4.74 Å². The molecule has 1 amide bonds. The summed E-state index contributed by atoms with van der Waals surface area (Å²) in [5.41, 5.74) is 1.11. The Kier molecular flexibility index (Phi) is 4.80. The van der Waals surface area contributed by atoms with Gasteiger partial charge >= 0.3 is 5.97 Å². The van der Waals surface area contributed by atoms with Gasteiger partial charge in [-0.3, -0.25) is 4.79 Å². The van der Waals surface area contributed by atoms with Gasteiger partial charge in [0.25, 0.3) is 5.91 Å². The quantitative estimate of drug-likeness (QED) is 0.728. The summed E-state index contributed by atoms with van der Waals surface area (Å²) in [6.07, 6.45) is 2.09. The van der Waals surface area contributed by atoms with E-state index in [9.17, 15) is 18.0 Å². The van der Waals surface area contributed by atoms with Crippen molar-refractivity contribution in [2.45, 2.75) is 12.5 Å². The van der Waals surface area contributed by atoms with Crippen LogP contribution in [0.5, 0.6) is 5.75 Å². The minimum absolute atomic E-state index is 0.0427. The molecule has 2 aliphatic heterocycles. The minimum atomic E-state index is -3.08. The summed E-state index contributed by atoms with van der Waals surface area (Å²) in [5.74, 6) is -0.307. The van der Waals surface area contributed by atoms with Gasteiger partial charge in [0, 0.05) is 18.7 Å². The van der Waals surface area contributed by atoms with E-state index in [1.807, 2.05) is 24.3 Å². The Morgan fingerprint density at radius 2 is 2.08 bits per heavy atom. The number of hydrogen-bond donors (Lipinski definition) is 0. The molecule has 1 aromatic carbocycles. The molecule has 1 saturated heterocycles. The lowest BCUT2D eigenvalue weighted by molar-refractivity contribution is -0.149. The zero-order valence-electron chi connectivity index (χ0n) is 13.8. The Bertz CT molecular complexity index is 829. The molecule has 0 aliphatic carbocycles. The fourth-order valence-electron chi connectivity index (χ4n) is 2.84. The van der Waals surface area contributed by atoms with Crippen LogP contribution in [0.15, 0.2) is 29.8 Å². The normalized spacial score (nSPS) is 20.8. The number of sulfone groups is 1. The number of carbonyl (C=O) groups is 2. The number of para-hydroxylation sites is 1. The van der Waals surface area contributed by atoms with Crippen molar-refractivity contribution in [3.8, 4) is 5.75 Å². The Balaban J connectivity index is 1.56. The molecule has 1 atom stereocenters. The number of likely N-dealkylation sites (N-methyl/N-ethyl adjacent to an activating group) is 1. The van der Waals surface area contributed by atoms with Crippen LogP contribution in [0.25, 0.3) is 6.08 Å². The van der Waals surface area contributed by atoms with Crippen LogP contribution in [0.2, 0.25) is 0 Å². The number of nitrogens with zero attached hydrogens (tertiary/aromatic N) is 1. The van der Waals surface area contributed by atoms with Crippen LogP contribution >= 0.6 is 0 Å². The van der Waals surface area contributed by atoms with Crippen molar-refractivity contribution < 1.29 is 27.5 Å². The predicted octanol–water partition coefficient (Wildman–Crippen LogP) is 0.651. The minimum Gasteiger partial charge on any atom is -0.488 e. The molecule has 8 heteroatoms. The van der Waals surface area contributed by atoms with Crippen molar-refractivity contribution in [1.29, 1.82) is 0 Å². The molecule has 1 fully saturated rings. The summed E-state index contributed by atoms with van der Waals surface area (Å²) in [6, 6.07) is 6.94. The van der Waals surface area contributed by atoms with Crippen molar-refractivity contribution in [2.24, 2.45) is 0 Å². The first-order valence-corrected chi connectivity index (χ1v) is 9.73. The highest BCUT2D eigenvalue weighted by Crippen LogP contribution is 2.26. The molecule has 3 rings (SSSR count). The number of ether oxygens (including phenoxy) is 2. The predicted molar refractivity (Wildman–Crippen MR) is 90.7 cm³/mol. The summed E-state index contributed by atoms with van der Waals surface area (Å²) >= 11 is 0. The number of rotatable bonds is 4. The number of carbonyl (C=O) groups excluding carboxylic acids is 2. The van der Waals surface area contributed by atoms with E-state index in [-0.39, 0.29) is 24.2 Å². The van der Waals surface area contributed by atoms with E-state index in [0.29, 0.717) is 17.7 Å². The van der Waals surface area contributed by atoms with Gasteiger partial charge in [-0.25, -0.2) is 13.2 Å². The molecule has 0 unspecified atom stereocenters. The third kappa shape index (κ3) is 4.01. The first-order chi connectivity index (χ1) is 11.9. The molecular formula is C17H19NO6S. The molecule has 134 valence electrons. The van der Waals surface area contributed by atoms with Gasteiger partial charge in [0.2, 0.25) is 0 Å². The van der Waals surface area contributed by atoms with Crippen LogP contribution in [-0.4, -0.2) is 63.0 Å². The van der Waals surface area contributed by atoms with E-state index in [0.717, 1.165) is 5.56 Å². The van der Waals surface area contributed by atoms with E-state index < -0.39 is 28.3 Å². The molecule has 0 spiro atoms. The Hall–Kier alpha value is -2.35. The van der Waals surface area contributed by atoms with Crippen LogP contribution in [0.4, 0.5) is 0 Å². The molecule has 0 saturated carbocycles. The van der Waals surface area contributed by atoms with Crippen LogP contribution in [0, 0.1) is 0 Å². The second kappa shape index (κ2) is 6.87. The zero-order valence-corrected chi connectivity index (χ0v) is 14.6. The molecule has 0 N–H and O–H groups in total. The molecule has 0 radical (unpaired) electrons. The van der Waals surface area contributed by atoms with Crippen molar-refractivity contribution in [3.63, 3.8) is 0 Å². The second-order valence-electron chi connectivity index (χ2n) is 6.13. The van der Waals surface area contributed by atoms with Crippen molar-refractivity contribution >= 4 is 27.8 Å². The maximum atomic E-state index is 12.1. The summed E-state index contributed by atoms with van der Waals surface area (Å²) in [6.45, 7) is -0.342. The lowest BCUT2D eigenvalue weighted by Gasteiger charge is -2.23. The number of fused-ring (bicyclic) bond motifs is 1. The van der Waals surface area contributed by atoms with E-state index in [2.05, 4.69) is 0 Å². The van der Waals surface area contributed by atoms with Crippen molar-refractivity contribution in [1.82, 2.24) is 4.90 Å². The van der Waals surface area contributed by atoms with Crippen LogP contribution in [0.1, 0.15) is 12.0 Å². The SMILES string of the molecule is CN(C(=O)COC(=O)C1=Cc2ccccc2OC1)[C@@H]1CCS(=O)(=O)C1. The standard InChI is InChI=1S/C17H19NO6S/c1-18(14-6-7-25(21,22)11-14)16(19)10-24-17(20)13-8-12-4-2-3-5-15(12)23-9-13/h2-5,8,14H,6-7,9-11H2,1H3/t14-/m1/s1. The lowest BCUT2D eigenvalue weighted by Crippen LogP contribution is -2.40. The molecule has 2 aliphatic rings. The number of amides is 1. The maximum Gasteiger partial charge on any atom is 0.338 e. The smallest absolute Gasteiger partial charge is 0.338 e. The first-order valence-electron chi connectivity index (χ1n) is 7.91. The summed E-state index contributed by atoms with van der Waals surface area (Å²) in [4.78, 5) is 25.6. The summed E-state index contributed by atoms with van der Waals surface area (Å²) in [7, 11) is -1.55. The maximum absolute atomic E-state index is 12.1. The van der Waals surface area contributed by atoms with Gasteiger partial charge in [-0.05, 0) is 18.6 Å². The number of esters is 1. The lowest BCUT2D eigenvalue weighted by atomic mass is 10.1. The van der Waals surface area contributed by atoms with Gasteiger partial charge in [0.15, 0.2) is 16.4 Å². The molecular weight excluding hydrogens is 346 g/mol. The molecule has 2 heterocycles. The Labute approximate surface area is 146 Å². The zero-order chi connectivity index (χ0) is 18.0. The van der Waals surface area contributed by atoms with Crippen molar-refractivity contribution in [2.75, 3.05) is 31.8 Å². The van der Waals surface area contributed by atoms with E-state index in [4.69, 9.17) is 9.47 Å². The topological polar surface area (TPSA) is 90.0 Å². The van der Waals surface area contributed by atoms with Gasteiger partial charge in [0.1, 0.15) is 12.4 Å². The number of benzene rings is 1. The third-order valence-corrected chi connectivity index (χ3v) is 6.12. The highest BCUT2D eigenvalue weighted by molar-refractivity contribution is 7.91. The number of hydrogen-bond acceptors (Lipinski definition) is 6. The highest BCUT2D eigenvalue weighted by Gasteiger charge is 2.33. The summed E-state index contributed by atoms with van der Waals surface area (Å²) < 4.78 is 33.5. The van der Waals surface area contributed by atoms with E-state index >= 15 is 0 Å². The summed E-state index contributed by atoms with van der Waals surface area (Å²) in [5, 5.41) is 0. The fraction of sp³-hybridized carbons (Fsp3) is 0.412. The highest BCUT2D eigenvalue weighted by atomic mass is 32.2. The van der Waals surface area contributed by atoms with Gasteiger partial charge in [-0.2, -0.15) is 0 Å². The van der Waals surface area contributed by atoms with Crippen molar-refractivity contribution in [3.05, 3.63) is 35.4 Å². The molecule has 1 aromatic rings. The molecule has 0 aromatic heterocycles. The Morgan fingerprint density at radius 1 is 1.32 bits per heavy atom. The third-order valence-electron chi connectivity index (χ3n) is 4.37. The van der Waals surface area contributed by atoms with E-state index in [1.54, 1.807) is 6.08 Å². The van der Waals surface area contributed by atoms with Crippen LogP contribution in [0.3, 0.4) is 0 Å². The average Bonchev–Trinajstić information content (AvgIpc) is 2.98. The fourth-order valence-corrected chi connectivity index (χ4v) is 4.61. The Morgan fingerprint density at radius 3 is 2.80 bits per heavy atom. The van der Waals surface area contributed by atoms with Gasteiger partial charge in [-0.15, -0.1) is 0 Å². The van der Waals surface area contributed by atoms with Gasteiger partial charge in [0.05, 0.1) is 17.1 Å². The first kappa shape index (κ1) is 17.5. The average molecular weight is 365 g/mol. The van der Waals surface area contributed by atoms with Gasteiger partial charge in [-0.1, -0.05) is 18.2 Å².